The van der Waals surface area contributed by atoms with Gasteiger partial charge in [-0.15, -0.1) is 0 Å². The van der Waals surface area contributed by atoms with Gasteiger partial charge in [-0.2, -0.15) is 0 Å². The molecule has 148 valence electrons. The van der Waals surface area contributed by atoms with E-state index in [1.807, 2.05) is 13.0 Å². The summed E-state index contributed by atoms with van der Waals surface area (Å²) in [5.74, 6) is 0.858. The molecule has 2 aromatic rings. The van der Waals surface area contributed by atoms with Crippen LogP contribution in [0.4, 0.5) is 0 Å². The van der Waals surface area contributed by atoms with E-state index < -0.39 is 10.0 Å². The van der Waals surface area contributed by atoms with Crippen LogP contribution in [0.15, 0.2) is 33.7 Å². The topological polar surface area (TPSA) is 120 Å². The van der Waals surface area contributed by atoms with Crippen LogP contribution in [0.2, 0.25) is 0 Å². The van der Waals surface area contributed by atoms with E-state index in [9.17, 15) is 13.2 Å². The molecule has 0 aliphatic rings. The van der Waals surface area contributed by atoms with Gasteiger partial charge in [0.15, 0.2) is 23.9 Å². The number of aryl methyl sites for hydroxylation is 2. The van der Waals surface area contributed by atoms with E-state index in [1.54, 1.807) is 25.1 Å². The fourth-order valence-electron chi connectivity index (χ4n) is 2.36. The number of ether oxygens (including phenoxy) is 2. The number of hydrogen-bond acceptors (Lipinski definition) is 7. The molecular formula is C17H23N3O6S. The standard InChI is InChI=1S/C17H23N3O6S/c1-4-24-14-7-5-6-8-15(14)25-11-16(21)18-9-10-19-27(22,23)17-12(2)20-26-13(17)3/h5-8,19H,4,9-11H2,1-3H3,(H,18,21). The van der Waals surface area contributed by atoms with Crippen LogP contribution in [0.25, 0.3) is 0 Å². The van der Waals surface area contributed by atoms with Crippen LogP contribution in [0.3, 0.4) is 0 Å². The molecule has 0 bridgehead atoms. The van der Waals surface area contributed by atoms with Crippen LogP contribution in [0.5, 0.6) is 11.5 Å². The summed E-state index contributed by atoms with van der Waals surface area (Å²) in [6, 6.07) is 7.04. The third-order valence-electron chi connectivity index (χ3n) is 3.48. The van der Waals surface area contributed by atoms with Gasteiger partial charge in [-0.05, 0) is 32.9 Å². The van der Waals surface area contributed by atoms with Gasteiger partial charge in [0.05, 0.1) is 6.61 Å². The molecule has 0 unspecified atom stereocenters. The Morgan fingerprint density at radius 1 is 1.15 bits per heavy atom. The average molecular weight is 397 g/mol. The van der Waals surface area contributed by atoms with Crippen molar-refractivity contribution in [1.29, 1.82) is 0 Å². The van der Waals surface area contributed by atoms with Gasteiger partial charge >= 0.3 is 0 Å². The van der Waals surface area contributed by atoms with Crippen molar-refractivity contribution in [3.05, 3.63) is 35.7 Å². The SMILES string of the molecule is CCOc1ccccc1OCC(=O)NCCNS(=O)(=O)c1c(C)noc1C. The maximum Gasteiger partial charge on any atom is 0.257 e. The highest BCUT2D eigenvalue weighted by molar-refractivity contribution is 7.89. The fourth-order valence-corrected chi connectivity index (χ4v) is 3.71. The number of rotatable bonds is 10. The van der Waals surface area contributed by atoms with E-state index in [1.165, 1.54) is 6.92 Å². The first-order chi connectivity index (χ1) is 12.8. The molecule has 0 radical (unpaired) electrons. The number of nitrogens with zero attached hydrogens (tertiary/aromatic N) is 1. The van der Waals surface area contributed by atoms with E-state index in [4.69, 9.17) is 14.0 Å². The van der Waals surface area contributed by atoms with Crippen molar-refractivity contribution < 1.29 is 27.2 Å². The molecule has 10 heteroatoms. The molecule has 27 heavy (non-hydrogen) atoms. The number of carbonyl (C=O) groups excluding carboxylic acids is 1. The zero-order valence-corrected chi connectivity index (χ0v) is 16.3. The van der Waals surface area contributed by atoms with Crippen molar-refractivity contribution in [2.24, 2.45) is 0 Å². The Bertz CT molecular complexity index is 859. The first-order valence-electron chi connectivity index (χ1n) is 8.39. The smallest absolute Gasteiger partial charge is 0.257 e. The largest absolute Gasteiger partial charge is 0.490 e. The van der Waals surface area contributed by atoms with E-state index >= 15 is 0 Å². The molecule has 2 rings (SSSR count). The summed E-state index contributed by atoms with van der Waals surface area (Å²) in [6.07, 6.45) is 0. The van der Waals surface area contributed by atoms with Crippen molar-refractivity contribution in [3.8, 4) is 11.5 Å². The molecule has 0 saturated carbocycles. The molecule has 0 aliphatic carbocycles. The summed E-state index contributed by atoms with van der Waals surface area (Å²) >= 11 is 0. The molecule has 1 aromatic carbocycles. The second-order valence-electron chi connectivity index (χ2n) is 5.57. The minimum Gasteiger partial charge on any atom is -0.490 e. The maximum atomic E-state index is 12.2. The normalized spacial score (nSPS) is 11.2. The number of sulfonamides is 1. The molecule has 0 fully saturated rings. The van der Waals surface area contributed by atoms with Gasteiger partial charge in [0.1, 0.15) is 10.6 Å². The van der Waals surface area contributed by atoms with Gasteiger partial charge in [-0.3, -0.25) is 4.79 Å². The number of hydrogen-bond donors (Lipinski definition) is 2. The van der Waals surface area contributed by atoms with E-state index in [0.29, 0.717) is 18.1 Å². The van der Waals surface area contributed by atoms with E-state index in [0.717, 1.165) is 0 Å². The molecule has 0 aliphatic heterocycles. The Morgan fingerprint density at radius 2 is 1.81 bits per heavy atom. The van der Waals surface area contributed by atoms with Crippen LogP contribution >= 0.6 is 0 Å². The van der Waals surface area contributed by atoms with Gasteiger partial charge in [-0.25, -0.2) is 13.1 Å². The van der Waals surface area contributed by atoms with Crippen molar-refractivity contribution in [1.82, 2.24) is 15.2 Å². The van der Waals surface area contributed by atoms with Gasteiger partial charge in [-0.1, -0.05) is 17.3 Å². The first kappa shape index (κ1) is 20.7. The van der Waals surface area contributed by atoms with Crippen LogP contribution in [-0.4, -0.2) is 45.8 Å². The van der Waals surface area contributed by atoms with Crippen molar-refractivity contribution in [2.45, 2.75) is 25.7 Å². The Balaban J connectivity index is 1.77. The highest BCUT2D eigenvalue weighted by atomic mass is 32.2. The second kappa shape index (κ2) is 9.38. The van der Waals surface area contributed by atoms with Gasteiger partial charge < -0.3 is 19.3 Å². The summed E-state index contributed by atoms with van der Waals surface area (Å²) in [5, 5.41) is 6.20. The Labute approximate surface area is 158 Å². The van der Waals surface area contributed by atoms with Crippen molar-refractivity contribution in [3.63, 3.8) is 0 Å². The monoisotopic (exact) mass is 397 g/mol. The molecule has 1 heterocycles. The molecular weight excluding hydrogens is 374 g/mol. The molecule has 2 N–H and O–H groups in total. The summed E-state index contributed by atoms with van der Waals surface area (Å²) in [6.45, 7) is 5.33. The average Bonchev–Trinajstić information content (AvgIpc) is 2.97. The van der Waals surface area contributed by atoms with E-state index in [-0.39, 0.29) is 42.0 Å². The minimum atomic E-state index is -3.75. The molecule has 0 spiro atoms. The zero-order chi connectivity index (χ0) is 19.9. The lowest BCUT2D eigenvalue weighted by atomic mass is 10.3. The van der Waals surface area contributed by atoms with Crippen LogP contribution in [0.1, 0.15) is 18.4 Å². The molecule has 1 aromatic heterocycles. The number of carbonyl (C=O) groups is 1. The quantitative estimate of drug-likeness (QED) is 0.577. The lowest BCUT2D eigenvalue weighted by molar-refractivity contribution is -0.123. The number of benzene rings is 1. The summed E-state index contributed by atoms with van der Waals surface area (Å²) in [4.78, 5) is 11.9. The Morgan fingerprint density at radius 3 is 2.41 bits per heavy atom. The summed E-state index contributed by atoms with van der Waals surface area (Å²) in [7, 11) is -3.75. The summed E-state index contributed by atoms with van der Waals surface area (Å²) < 4.78 is 42.6. The third kappa shape index (κ3) is 5.69. The van der Waals surface area contributed by atoms with Crippen molar-refractivity contribution in [2.75, 3.05) is 26.3 Å². The minimum absolute atomic E-state index is 0.0182. The lowest BCUT2D eigenvalue weighted by Crippen LogP contribution is -2.37. The number of para-hydroxylation sites is 2. The first-order valence-corrected chi connectivity index (χ1v) is 9.87. The van der Waals surface area contributed by atoms with Gasteiger partial charge in [0.2, 0.25) is 10.0 Å². The van der Waals surface area contributed by atoms with Crippen molar-refractivity contribution >= 4 is 15.9 Å². The number of amides is 1. The second-order valence-corrected chi connectivity index (χ2v) is 7.27. The number of aromatic nitrogens is 1. The fraction of sp³-hybridized carbons (Fsp3) is 0.412. The number of nitrogens with one attached hydrogen (secondary N) is 2. The Hall–Kier alpha value is -2.59. The summed E-state index contributed by atoms with van der Waals surface area (Å²) in [5.41, 5.74) is 0.283. The highest BCUT2D eigenvalue weighted by Crippen LogP contribution is 2.26. The van der Waals surface area contributed by atoms with Gasteiger partial charge in [0, 0.05) is 13.1 Å². The van der Waals surface area contributed by atoms with Crippen LogP contribution in [0, 0.1) is 13.8 Å². The van der Waals surface area contributed by atoms with Crippen LogP contribution in [-0.2, 0) is 14.8 Å². The Kier molecular flexibility index (Phi) is 7.19. The third-order valence-corrected chi connectivity index (χ3v) is 5.19. The molecule has 9 nitrogen and oxygen atoms in total. The molecule has 1 amide bonds. The van der Waals surface area contributed by atoms with Gasteiger partial charge in [0.25, 0.3) is 5.91 Å². The lowest BCUT2D eigenvalue weighted by Gasteiger charge is -2.12. The molecule has 0 atom stereocenters. The predicted octanol–water partition coefficient (Wildman–Crippen LogP) is 1.16. The van der Waals surface area contributed by atoms with E-state index in [2.05, 4.69) is 15.2 Å². The predicted molar refractivity (Wildman–Crippen MR) is 97.3 cm³/mol. The maximum absolute atomic E-state index is 12.2. The highest BCUT2D eigenvalue weighted by Gasteiger charge is 2.23. The van der Waals surface area contributed by atoms with Crippen LogP contribution < -0.4 is 19.5 Å². The molecule has 0 saturated heterocycles. The zero-order valence-electron chi connectivity index (χ0n) is 15.4.